The first-order valence-corrected chi connectivity index (χ1v) is 5.18. The third-order valence-corrected chi connectivity index (χ3v) is 1.65. The molecule has 7 heteroatoms. The quantitative estimate of drug-likeness (QED) is 0.381. The highest BCUT2D eigenvalue weighted by atomic mass is 16.6. The van der Waals surface area contributed by atoms with Crippen molar-refractivity contribution in [1.82, 2.24) is 0 Å². The average Bonchev–Trinajstić information content (AvgIpc) is 2.30. The molecule has 0 aliphatic rings. The molecule has 0 saturated carbocycles. The van der Waals surface area contributed by atoms with Crippen LogP contribution >= 0.6 is 0 Å². The van der Waals surface area contributed by atoms with Crippen molar-refractivity contribution in [3.05, 3.63) is 33.9 Å². The van der Waals surface area contributed by atoms with Gasteiger partial charge in [0, 0.05) is 18.6 Å². The highest BCUT2D eigenvalue weighted by Crippen LogP contribution is 2.22. The lowest BCUT2D eigenvalue weighted by molar-refractivity contribution is -0.384. The second-order valence-corrected chi connectivity index (χ2v) is 2.93. The Morgan fingerprint density at radius 1 is 1.28 bits per heavy atom. The molecule has 1 aromatic carbocycles. The number of hydrogen-bond acceptors (Lipinski definition) is 5. The fourth-order valence-electron chi connectivity index (χ4n) is 1.06. The van der Waals surface area contributed by atoms with Gasteiger partial charge in [-0.15, -0.1) is 0 Å². The topological polar surface area (TPSA) is 113 Å². The van der Waals surface area contributed by atoms with Crippen LogP contribution in [-0.4, -0.2) is 16.8 Å². The van der Waals surface area contributed by atoms with E-state index < -0.39 is 16.8 Å². The number of nitrogens with zero attached hydrogens (tertiary/aromatic N) is 1. The van der Waals surface area contributed by atoms with Crippen LogP contribution in [-0.2, 0) is 4.79 Å². The maximum absolute atomic E-state index is 10.9. The first kappa shape index (κ1) is 15.6. The van der Waals surface area contributed by atoms with Gasteiger partial charge in [-0.05, 0) is 6.07 Å². The minimum atomic E-state index is -0.836. The Balaban J connectivity index is 0.00000137. The highest BCUT2D eigenvalue weighted by molar-refractivity contribution is 5.94. The monoisotopic (exact) mass is 254 g/mol. The molecular weight excluding hydrogens is 240 g/mol. The van der Waals surface area contributed by atoms with Gasteiger partial charge in [0.1, 0.15) is 5.75 Å². The molecule has 7 nitrogen and oxygen atoms in total. The zero-order valence-electron chi connectivity index (χ0n) is 10.3. The number of nitrogens with two attached hydrogens (primary N) is 1. The van der Waals surface area contributed by atoms with Gasteiger partial charge in [0.25, 0.3) is 5.69 Å². The number of benzene rings is 1. The minimum absolute atomic E-state index is 0.0875. The Morgan fingerprint density at radius 2 is 1.83 bits per heavy atom. The predicted molar refractivity (Wildman–Crippen MR) is 64.3 cm³/mol. The summed E-state index contributed by atoms with van der Waals surface area (Å²) in [4.78, 5) is 31.4. The molecule has 0 atom stereocenters. The Bertz CT molecular complexity index is 438. The van der Waals surface area contributed by atoms with Crippen LogP contribution in [0.1, 0.15) is 31.1 Å². The molecule has 0 aliphatic carbocycles. The summed E-state index contributed by atoms with van der Waals surface area (Å²) in [6, 6.07) is 3.21. The summed E-state index contributed by atoms with van der Waals surface area (Å²) < 4.78 is 4.64. The Hall–Kier alpha value is -2.44. The van der Waals surface area contributed by atoms with Crippen molar-refractivity contribution >= 4 is 17.6 Å². The van der Waals surface area contributed by atoms with Gasteiger partial charge in [-0.3, -0.25) is 19.7 Å². The van der Waals surface area contributed by atoms with Crippen LogP contribution in [0.3, 0.4) is 0 Å². The standard InChI is InChI=1S/C9H8N2O5.C2H6/c1-5(12)16-8-3-6(9(10)13)2-7(4-8)11(14)15;1-2/h2-4H,1H3,(H2,10,13);1-2H3. The van der Waals surface area contributed by atoms with Crippen LogP contribution < -0.4 is 10.5 Å². The average molecular weight is 254 g/mol. The van der Waals surface area contributed by atoms with Crippen LogP contribution in [0, 0.1) is 10.1 Å². The van der Waals surface area contributed by atoms with Crippen molar-refractivity contribution in [3.63, 3.8) is 0 Å². The summed E-state index contributed by atoms with van der Waals surface area (Å²) >= 11 is 0. The number of esters is 1. The first-order valence-electron chi connectivity index (χ1n) is 5.18. The first-order chi connectivity index (χ1) is 8.40. The maximum atomic E-state index is 10.9. The molecule has 0 aromatic heterocycles. The third-order valence-electron chi connectivity index (χ3n) is 1.65. The van der Waals surface area contributed by atoms with Crippen LogP contribution in [0.25, 0.3) is 0 Å². The van der Waals surface area contributed by atoms with E-state index in [0.29, 0.717) is 0 Å². The molecule has 98 valence electrons. The molecule has 0 spiro atoms. The van der Waals surface area contributed by atoms with Crippen molar-refractivity contribution in [1.29, 1.82) is 0 Å². The number of non-ortho nitro benzene ring substituents is 1. The molecule has 0 bridgehead atoms. The number of nitro groups is 1. The highest BCUT2D eigenvalue weighted by Gasteiger charge is 2.14. The minimum Gasteiger partial charge on any atom is -0.426 e. The molecule has 0 fully saturated rings. The predicted octanol–water partition coefficient (Wildman–Crippen LogP) is 1.65. The fourth-order valence-corrected chi connectivity index (χ4v) is 1.06. The maximum Gasteiger partial charge on any atom is 0.308 e. The van der Waals surface area contributed by atoms with Gasteiger partial charge in [-0.2, -0.15) is 0 Å². The zero-order chi connectivity index (χ0) is 14.3. The summed E-state index contributed by atoms with van der Waals surface area (Å²) in [7, 11) is 0. The van der Waals surface area contributed by atoms with Crippen molar-refractivity contribution in [2.24, 2.45) is 5.73 Å². The van der Waals surface area contributed by atoms with Gasteiger partial charge >= 0.3 is 5.97 Å². The number of rotatable bonds is 3. The van der Waals surface area contributed by atoms with E-state index in [-0.39, 0.29) is 17.0 Å². The van der Waals surface area contributed by atoms with E-state index in [4.69, 9.17) is 5.73 Å². The van der Waals surface area contributed by atoms with Crippen LogP contribution in [0.2, 0.25) is 0 Å². The van der Waals surface area contributed by atoms with Gasteiger partial charge < -0.3 is 10.5 Å². The molecule has 0 aliphatic heterocycles. The molecule has 1 aromatic rings. The zero-order valence-corrected chi connectivity index (χ0v) is 10.3. The Morgan fingerprint density at radius 3 is 2.22 bits per heavy atom. The summed E-state index contributed by atoms with van der Waals surface area (Å²) in [5.74, 6) is -1.57. The lowest BCUT2D eigenvalue weighted by atomic mass is 10.2. The van der Waals surface area contributed by atoms with Crippen molar-refractivity contribution in [2.75, 3.05) is 0 Å². The van der Waals surface area contributed by atoms with E-state index in [2.05, 4.69) is 4.74 Å². The van der Waals surface area contributed by atoms with Crippen LogP contribution in [0.5, 0.6) is 5.75 Å². The lowest BCUT2D eigenvalue weighted by Gasteiger charge is -2.02. The fraction of sp³-hybridized carbons (Fsp3) is 0.273. The van der Waals surface area contributed by atoms with Gasteiger partial charge in [0.05, 0.1) is 11.0 Å². The molecule has 2 N–H and O–H groups in total. The largest absolute Gasteiger partial charge is 0.426 e. The van der Waals surface area contributed by atoms with E-state index in [1.54, 1.807) is 0 Å². The number of ether oxygens (including phenoxy) is 1. The normalized spacial score (nSPS) is 8.83. The van der Waals surface area contributed by atoms with Crippen molar-refractivity contribution in [2.45, 2.75) is 20.8 Å². The molecule has 0 radical (unpaired) electrons. The van der Waals surface area contributed by atoms with Crippen LogP contribution in [0.4, 0.5) is 5.69 Å². The second-order valence-electron chi connectivity index (χ2n) is 2.93. The second kappa shape index (κ2) is 7.00. The summed E-state index contributed by atoms with van der Waals surface area (Å²) in [5, 5.41) is 10.5. The number of carbonyl (C=O) groups is 2. The van der Waals surface area contributed by atoms with E-state index in [1.165, 1.54) is 0 Å². The number of amides is 1. The smallest absolute Gasteiger partial charge is 0.308 e. The van der Waals surface area contributed by atoms with E-state index >= 15 is 0 Å². The molecule has 0 unspecified atom stereocenters. The molecular formula is C11H14N2O5. The lowest BCUT2D eigenvalue weighted by Crippen LogP contribution is -2.12. The number of nitro benzene ring substituents is 1. The molecule has 1 amide bonds. The molecule has 0 heterocycles. The third kappa shape index (κ3) is 4.60. The Kier molecular flexibility index (Phi) is 6.05. The molecule has 1 rings (SSSR count). The van der Waals surface area contributed by atoms with Gasteiger partial charge in [-0.25, -0.2) is 0 Å². The van der Waals surface area contributed by atoms with Crippen LogP contribution in [0.15, 0.2) is 18.2 Å². The summed E-state index contributed by atoms with van der Waals surface area (Å²) in [6.45, 7) is 5.14. The van der Waals surface area contributed by atoms with E-state index in [0.717, 1.165) is 25.1 Å². The molecule has 18 heavy (non-hydrogen) atoms. The van der Waals surface area contributed by atoms with E-state index in [1.807, 2.05) is 13.8 Å². The van der Waals surface area contributed by atoms with Gasteiger partial charge in [-0.1, -0.05) is 13.8 Å². The van der Waals surface area contributed by atoms with Crippen molar-refractivity contribution < 1.29 is 19.2 Å². The SMILES string of the molecule is CC.CC(=O)Oc1cc(C(N)=O)cc([N+](=O)[O-])c1. The van der Waals surface area contributed by atoms with Gasteiger partial charge in [0.2, 0.25) is 5.91 Å². The van der Waals surface area contributed by atoms with E-state index in [9.17, 15) is 19.7 Å². The summed E-state index contributed by atoms with van der Waals surface area (Å²) in [5.41, 5.74) is 4.52. The molecule has 0 saturated heterocycles. The van der Waals surface area contributed by atoms with Crippen molar-refractivity contribution in [3.8, 4) is 5.75 Å². The summed E-state index contributed by atoms with van der Waals surface area (Å²) in [6.07, 6.45) is 0. The number of primary amides is 1. The van der Waals surface area contributed by atoms with Gasteiger partial charge in [0.15, 0.2) is 0 Å². The number of carbonyl (C=O) groups excluding carboxylic acids is 2. The Labute approximate surface area is 104 Å². The number of hydrogen-bond donors (Lipinski definition) is 1.